The van der Waals surface area contributed by atoms with E-state index in [0.717, 1.165) is 55.3 Å². The fourth-order valence-electron chi connectivity index (χ4n) is 4.58. The number of nitrogens with zero attached hydrogens (tertiary/aromatic N) is 2. The average Bonchev–Trinajstić information content (AvgIpc) is 3.23. The molecule has 0 saturated heterocycles. The van der Waals surface area contributed by atoms with Crippen molar-refractivity contribution in [3.63, 3.8) is 0 Å². The third kappa shape index (κ3) is 3.84. The van der Waals surface area contributed by atoms with E-state index in [1.807, 2.05) is 28.8 Å². The number of hydrogen-bond donors (Lipinski definition) is 0. The number of halogens is 1. The summed E-state index contributed by atoms with van der Waals surface area (Å²) in [6, 6.07) is 25.0. The van der Waals surface area contributed by atoms with Gasteiger partial charge in [0.25, 0.3) is 5.56 Å². The van der Waals surface area contributed by atoms with E-state index in [1.165, 1.54) is 21.6 Å². The topological polar surface area (TPSA) is 34.9 Å². The minimum absolute atomic E-state index is 0.0331. The minimum atomic E-state index is 0.0331. The maximum absolute atomic E-state index is 14.1. The Bertz CT molecular complexity index is 1600. The smallest absolute Gasteiger partial charge is 0.267 e. The third-order valence-corrected chi connectivity index (χ3v) is 8.94. The zero-order chi connectivity index (χ0) is 23.2. The molecule has 0 unspecified atom stereocenters. The number of thiophene rings is 1. The molecule has 0 bridgehead atoms. The monoisotopic (exact) mass is 544 g/mol. The van der Waals surface area contributed by atoms with Crippen LogP contribution in [0.2, 0.25) is 0 Å². The summed E-state index contributed by atoms with van der Waals surface area (Å²) < 4.78 is 2.87. The van der Waals surface area contributed by atoms with Crippen molar-refractivity contribution in [2.75, 3.05) is 0 Å². The van der Waals surface area contributed by atoms with E-state index in [1.54, 1.807) is 23.1 Å². The molecule has 6 heteroatoms. The number of rotatable bonds is 4. The molecule has 0 amide bonds. The Balaban J connectivity index is 1.54. The van der Waals surface area contributed by atoms with Gasteiger partial charge in [-0.15, -0.1) is 11.3 Å². The molecular weight excluding hydrogens is 524 g/mol. The van der Waals surface area contributed by atoms with E-state index in [-0.39, 0.29) is 5.56 Å². The third-order valence-electron chi connectivity index (χ3n) is 6.24. The summed E-state index contributed by atoms with van der Waals surface area (Å²) in [5.41, 5.74) is 6.97. The molecule has 5 aromatic rings. The van der Waals surface area contributed by atoms with E-state index in [0.29, 0.717) is 0 Å². The Morgan fingerprint density at radius 2 is 1.85 bits per heavy atom. The number of aryl methyl sites for hydroxylation is 3. The van der Waals surface area contributed by atoms with Gasteiger partial charge in [-0.2, -0.15) is 0 Å². The van der Waals surface area contributed by atoms with Crippen LogP contribution < -0.4 is 5.56 Å². The Labute approximate surface area is 214 Å². The van der Waals surface area contributed by atoms with Gasteiger partial charge in [-0.3, -0.25) is 9.36 Å². The highest BCUT2D eigenvalue weighted by Gasteiger charge is 2.25. The van der Waals surface area contributed by atoms with E-state index in [2.05, 4.69) is 71.4 Å². The lowest BCUT2D eigenvalue weighted by atomic mass is 9.90. The molecule has 2 aromatic heterocycles. The molecule has 6 rings (SSSR count). The quantitative estimate of drug-likeness (QED) is 0.173. The van der Waals surface area contributed by atoms with Crippen molar-refractivity contribution >= 4 is 49.2 Å². The molecule has 0 radical (unpaired) electrons. The molecule has 168 valence electrons. The average molecular weight is 546 g/mol. The molecule has 34 heavy (non-hydrogen) atoms. The molecule has 3 nitrogen and oxygen atoms in total. The lowest BCUT2D eigenvalue weighted by Gasteiger charge is -2.16. The number of aromatic nitrogens is 2. The van der Waals surface area contributed by atoms with Gasteiger partial charge < -0.3 is 0 Å². The lowest BCUT2D eigenvalue weighted by molar-refractivity contribution is 0.819. The summed E-state index contributed by atoms with van der Waals surface area (Å²) in [7, 11) is 0. The molecule has 0 spiro atoms. The van der Waals surface area contributed by atoms with Gasteiger partial charge in [0.2, 0.25) is 0 Å². The number of hydrogen-bond acceptors (Lipinski definition) is 4. The summed E-state index contributed by atoms with van der Waals surface area (Å²) >= 11 is 6.77. The maximum atomic E-state index is 14.1. The first-order valence-electron chi connectivity index (χ1n) is 11.2. The Morgan fingerprint density at radius 3 is 2.68 bits per heavy atom. The minimum Gasteiger partial charge on any atom is -0.268 e. The zero-order valence-corrected chi connectivity index (χ0v) is 21.8. The predicted molar refractivity (Wildman–Crippen MR) is 147 cm³/mol. The van der Waals surface area contributed by atoms with Crippen molar-refractivity contribution in [2.24, 2.45) is 0 Å². The molecule has 1 aliphatic rings. The highest BCUT2D eigenvalue weighted by atomic mass is 79.9. The summed E-state index contributed by atoms with van der Waals surface area (Å²) in [5, 5.41) is 1.52. The van der Waals surface area contributed by atoms with Gasteiger partial charge in [-0.25, -0.2) is 4.98 Å². The zero-order valence-electron chi connectivity index (χ0n) is 18.5. The molecule has 0 fully saturated rings. The maximum Gasteiger partial charge on any atom is 0.267 e. The van der Waals surface area contributed by atoms with Crippen LogP contribution in [0.15, 0.2) is 87.2 Å². The normalized spacial score (nSPS) is 12.5. The van der Waals surface area contributed by atoms with Gasteiger partial charge in [0.15, 0.2) is 5.16 Å². The second-order valence-electron chi connectivity index (χ2n) is 8.54. The van der Waals surface area contributed by atoms with Crippen molar-refractivity contribution < 1.29 is 0 Å². The molecule has 2 heterocycles. The van der Waals surface area contributed by atoms with Crippen molar-refractivity contribution in [3.05, 3.63) is 110 Å². The van der Waals surface area contributed by atoms with E-state index < -0.39 is 0 Å². The van der Waals surface area contributed by atoms with Crippen LogP contribution in [0, 0.1) is 6.92 Å². The highest BCUT2D eigenvalue weighted by molar-refractivity contribution is 9.10. The summed E-state index contributed by atoms with van der Waals surface area (Å²) in [6.45, 7) is 2.05. The second kappa shape index (κ2) is 8.84. The summed E-state index contributed by atoms with van der Waals surface area (Å²) in [4.78, 5) is 21.2. The van der Waals surface area contributed by atoms with Crippen molar-refractivity contribution in [2.45, 2.75) is 30.7 Å². The molecule has 0 atom stereocenters. The van der Waals surface area contributed by atoms with Crippen molar-refractivity contribution in [3.8, 4) is 16.1 Å². The Kier molecular flexibility index (Phi) is 5.68. The number of thioether (sulfide) groups is 1. The summed E-state index contributed by atoms with van der Waals surface area (Å²) in [5.74, 6) is 0.741. The molecule has 1 aliphatic carbocycles. The largest absolute Gasteiger partial charge is 0.268 e. The van der Waals surface area contributed by atoms with Crippen LogP contribution in [0.1, 0.15) is 22.3 Å². The first-order chi connectivity index (χ1) is 16.6. The van der Waals surface area contributed by atoms with E-state index >= 15 is 0 Å². The van der Waals surface area contributed by atoms with Crippen molar-refractivity contribution in [1.29, 1.82) is 0 Å². The number of fused-ring (bicyclic) bond motifs is 5. The van der Waals surface area contributed by atoms with Crippen LogP contribution in [-0.2, 0) is 18.6 Å². The fourth-order valence-corrected chi connectivity index (χ4v) is 7.14. The van der Waals surface area contributed by atoms with Crippen molar-refractivity contribution in [1.82, 2.24) is 9.55 Å². The van der Waals surface area contributed by atoms with Crippen LogP contribution in [-0.4, -0.2) is 9.55 Å². The van der Waals surface area contributed by atoms with Gasteiger partial charge in [-0.1, -0.05) is 76.2 Å². The SMILES string of the molecule is Cc1cccc(-n2c(SCc3ccc(Br)cc3)nc3sc4c(c3c2=O)CCc2ccccc2-4)c1. The second-order valence-corrected chi connectivity index (χ2v) is 11.4. The first kappa shape index (κ1) is 21.8. The van der Waals surface area contributed by atoms with Gasteiger partial charge in [0.1, 0.15) is 4.83 Å². The van der Waals surface area contributed by atoms with Crippen LogP contribution in [0.4, 0.5) is 0 Å². The Hall–Kier alpha value is -2.67. The summed E-state index contributed by atoms with van der Waals surface area (Å²) in [6.07, 6.45) is 1.83. The van der Waals surface area contributed by atoms with Crippen LogP contribution in [0.25, 0.3) is 26.3 Å². The molecule has 0 N–H and O–H groups in total. The van der Waals surface area contributed by atoms with Crippen LogP contribution in [0.5, 0.6) is 0 Å². The number of benzene rings is 3. The predicted octanol–water partition coefficient (Wildman–Crippen LogP) is 7.58. The fraction of sp³-hybridized carbons (Fsp3) is 0.143. The Morgan fingerprint density at radius 1 is 1.03 bits per heavy atom. The lowest BCUT2D eigenvalue weighted by Crippen LogP contribution is -2.22. The molecular formula is C28H21BrN2OS2. The van der Waals surface area contributed by atoms with Gasteiger partial charge in [0.05, 0.1) is 11.1 Å². The van der Waals surface area contributed by atoms with Crippen LogP contribution >= 0.6 is 39.0 Å². The van der Waals surface area contributed by atoms with E-state index in [4.69, 9.17) is 4.98 Å². The first-order valence-corrected chi connectivity index (χ1v) is 13.8. The molecule has 0 saturated carbocycles. The van der Waals surface area contributed by atoms with Crippen LogP contribution in [0.3, 0.4) is 0 Å². The van der Waals surface area contributed by atoms with E-state index in [9.17, 15) is 4.79 Å². The van der Waals surface area contributed by atoms with Gasteiger partial charge in [0, 0.05) is 15.1 Å². The van der Waals surface area contributed by atoms with Gasteiger partial charge >= 0.3 is 0 Å². The standard InChI is InChI=1S/C28H21BrN2OS2/c1-17-5-4-7-21(15-17)31-27(32)24-23-14-11-19-6-2-3-8-22(19)25(23)34-26(24)30-28(31)33-16-18-9-12-20(29)13-10-18/h2-10,12-13,15H,11,14,16H2,1H3. The highest BCUT2D eigenvalue weighted by Crippen LogP contribution is 2.42. The molecule has 0 aliphatic heterocycles. The molecule has 3 aromatic carbocycles. The van der Waals surface area contributed by atoms with Gasteiger partial charge in [-0.05, 0) is 71.8 Å².